The average molecular weight is 526 g/mol. The molecule has 17 heteroatoms. The zero-order valence-electron chi connectivity index (χ0n) is 17.8. The number of hydrogen-bond donors (Lipinski definition) is 4. The number of aryl methyl sites for hydroxylation is 1. The summed E-state index contributed by atoms with van der Waals surface area (Å²) >= 11 is 3.84. The third-order valence-electron chi connectivity index (χ3n) is 4.86. The van der Waals surface area contributed by atoms with Gasteiger partial charge in [0.25, 0.3) is 5.91 Å². The van der Waals surface area contributed by atoms with E-state index in [4.69, 9.17) is 0 Å². The summed E-state index contributed by atoms with van der Waals surface area (Å²) < 4.78 is 1.48. The van der Waals surface area contributed by atoms with Gasteiger partial charge >= 0.3 is 12.0 Å². The lowest BCUT2D eigenvalue weighted by molar-refractivity contribution is -0.150. The van der Waals surface area contributed by atoms with Gasteiger partial charge in [0, 0.05) is 31.0 Å². The molecule has 1 unspecified atom stereocenters. The van der Waals surface area contributed by atoms with E-state index < -0.39 is 35.2 Å². The number of thioether (sulfide) groups is 2. The Labute approximate surface area is 204 Å². The van der Waals surface area contributed by atoms with Crippen molar-refractivity contribution in [3.8, 4) is 0 Å². The van der Waals surface area contributed by atoms with Crippen LogP contribution in [0.1, 0.15) is 5.69 Å². The van der Waals surface area contributed by atoms with Crippen LogP contribution >= 0.6 is 34.9 Å². The van der Waals surface area contributed by atoms with Crippen molar-refractivity contribution in [2.75, 3.05) is 23.9 Å². The van der Waals surface area contributed by atoms with E-state index in [1.165, 1.54) is 51.5 Å². The summed E-state index contributed by atoms with van der Waals surface area (Å²) in [7, 11) is 3.15. The van der Waals surface area contributed by atoms with Crippen LogP contribution in [0.15, 0.2) is 21.8 Å². The molecule has 2 atom stereocenters. The molecule has 0 aromatic carbocycles. The first-order valence-corrected chi connectivity index (χ1v) is 12.7. The second kappa shape index (κ2) is 9.98. The number of aliphatic carboxylic acids is 1. The number of aromatic nitrogens is 5. The molecule has 34 heavy (non-hydrogen) atoms. The van der Waals surface area contributed by atoms with Crippen molar-refractivity contribution in [2.45, 2.75) is 23.0 Å². The molecule has 180 valence electrons. The highest BCUT2D eigenvalue weighted by molar-refractivity contribution is 8.01. The van der Waals surface area contributed by atoms with E-state index in [1.807, 2.05) is 0 Å². The number of carbonyl (C=O) groups is 4. The summed E-state index contributed by atoms with van der Waals surface area (Å²) in [6, 6.07) is -1.25. The van der Waals surface area contributed by atoms with Gasteiger partial charge < -0.3 is 15.7 Å². The Balaban J connectivity index is 1.38. The van der Waals surface area contributed by atoms with Crippen molar-refractivity contribution in [3.05, 3.63) is 22.3 Å². The predicted molar refractivity (Wildman–Crippen MR) is 123 cm³/mol. The van der Waals surface area contributed by atoms with Gasteiger partial charge in [0.1, 0.15) is 17.1 Å². The molecule has 4 rings (SSSR count). The normalized spacial score (nSPS) is 19.4. The Hall–Kier alpha value is -3.18. The Kier molecular flexibility index (Phi) is 7.03. The van der Waals surface area contributed by atoms with E-state index in [9.17, 15) is 24.3 Å². The quantitative estimate of drug-likeness (QED) is 0.257. The molecule has 4 amide bonds. The number of fused-ring (bicyclic) bond motifs is 1. The maximum absolute atomic E-state index is 12.8. The second-order valence-corrected chi connectivity index (χ2v) is 10.0. The molecule has 1 fully saturated rings. The highest BCUT2D eigenvalue weighted by Crippen LogP contribution is 2.41. The molecule has 14 nitrogen and oxygen atoms in total. The molecule has 2 aromatic heterocycles. The van der Waals surface area contributed by atoms with Crippen molar-refractivity contribution in [2.24, 2.45) is 7.05 Å². The van der Waals surface area contributed by atoms with Gasteiger partial charge in [-0.05, 0) is 16.0 Å². The van der Waals surface area contributed by atoms with Gasteiger partial charge in [-0.3, -0.25) is 19.8 Å². The number of carboxylic acids is 1. The average Bonchev–Trinajstić information content (AvgIpc) is 3.43. The molecule has 0 radical (unpaired) electrons. The van der Waals surface area contributed by atoms with Crippen LogP contribution in [0.2, 0.25) is 0 Å². The van der Waals surface area contributed by atoms with E-state index in [2.05, 4.69) is 36.5 Å². The van der Waals surface area contributed by atoms with Crippen LogP contribution < -0.4 is 16.0 Å². The summed E-state index contributed by atoms with van der Waals surface area (Å²) in [6.45, 7) is 0. The molecule has 2 aliphatic heterocycles. The first kappa shape index (κ1) is 24.0. The highest BCUT2D eigenvalue weighted by atomic mass is 32.2. The van der Waals surface area contributed by atoms with Crippen molar-refractivity contribution in [1.82, 2.24) is 40.7 Å². The van der Waals surface area contributed by atoms with Gasteiger partial charge in [-0.2, -0.15) is 0 Å². The number of anilines is 1. The molecule has 0 aliphatic carbocycles. The zero-order chi connectivity index (χ0) is 24.4. The molecule has 0 bridgehead atoms. The topological polar surface area (TPSA) is 184 Å². The highest BCUT2D eigenvalue weighted by Gasteiger charge is 2.54. The minimum atomic E-state index is -1.20. The fraction of sp³-hybridized carbons (Fsp3) is 0.412. The van der Waals surface area contributed by atoms with Gasteiger partial charge in [0.15, 0.2) is 5.13 Å². The lowest BCUT2D eigenvalue weighted by Crippen LogP contribution is -2.70. The van der Waals surface area contributed by atoms with Gasteiger partial charge in [-0.15, -0.1) is 28.2 Å². The molecule has 4 N–H and O–H groups in total. The van der Waals surface area contributed by atoms with Crippen molar-refractivity contribution < 1.29 is 24.3 Å². The summed E-state index contributed by atoms with van der Waals surface area (Å²) in [6.07, 6.45) is -0.0810. The number of rotatable bonds is 8. The van der Waals surface area contributed by atoms with Gasteiger partial charge in [-0.1, -0.05) is 11.8 Å². The minimum absolute atomic E-state index is 0.0636. The van der Waals surface area contributed by atoms with E-state index in [0.29, 0.717) is 33.1 Å². The zero-order valence-corrected chi connectivity index (χ0v) is 20.3. The van der Waals surface area contributed by atoms with Crippen LogP contribution in [0.3, 0.4) is 0 Å². The second-order valence-electron chi connectivity index (χ2n) is 7.11. The van der Waals surface area contributed by atoms with Crippen molar-refractivity contribution in [1.29, 1.82) is 0 Å². The van der Waals surface area contributed by atoms with Crippen LogP contribution in [-0.4, -0.2) is 89.0 Å². The van der Waals surface area contributed by atoms with E-state index in [1.54, 1.807) is 12.4 Å². The number of urea groups is 1. The number of carbonyl (C=O) groups excluding carboxylic acids is 3. The largest absolute Gasteiger partial charge is 0.477 e. The van der Waals surface area contributed by atoms with E-state index in [0.717, 1.165) is 0 Å². The molecule has 2 aliphatic rings. The Morgan fingerprint density at radius 3 is 2.82 bits per heavy atom. The first-order valence-electron chi connectivity index (χ1n) is 9.76. The standard InChI is InChI=1S/C17H19N9O5S3/c1-18-15(31)21-16-19-8(6-33-16)3-9(27)20-10-12(28)26-11(14(29)30)7(4-32-13(10)26)5-34-17-22-23-24-25(17)2/h6,10,13H,3-5H2,1-2H3,(H,20,27)(H,29,30)(H2,18,19,21,31)/t10?,13-/m0/s1. The third-order valence-corrected chi connectivity index (χ3v) is 8.11. The Morgan fingerprint density at radius 2 is 2.15 bits per heavy atom. The number of nitrogens with one attached hydrogen (secondary N) is 3. The first-order chi connectivity index (χ1) is 16.3. The summed E-state index contributed by atoms with van der Waals surface area (Å²) in [5.74, 6) is -1.40. The molecule has 0 saturated carbocycles. The Morgan fingerprint density at radius 1 is 1.35 bits per heavy atom. The molecular weight excluding hydrogens is 506 g/mol. The lowest BCUT2D eigenvalue weighted by atomic mass is 10.0. The van der Waals surface area contributed by atoms with Crippen LogP contribution in [0.25, 0.3) is 0 Å². The van der Waals surface area contributed by atoms with Crippen molar-refractivity contribution >= 4 is 63.8 Å². The molecule has 4 heterocycles. The van der Waals surface area contributed by atoms with Gasteiger partial charge in [0.2, 0.25) is 11.1 Å². The summed E-state index contributed by atoms with van der Waals surface area (Å²) in [5.41, 5.74) is 0.960. The Bertz CT molecular complexity index is 1180. The van der Waals surface area contributed by atoms with E-state index in [-0.39, 0.29) is 12.1 Å². The predicted octanol–water partition coefficient (Wildman–Crippen LogP) is -0.509. The monoisotopic (exact) mass is 525 g/mol. The number of thiazole rings is 1. The van der Waals surface area contributed by atoms with Gasteiger partial charge in [-0.25, -0.2) is 19.3 Å². The lowest BCUT2D eigenvalue weighted by Gasteiger charge is -2.49. The molecule has 2 aromatic rings. The molecular formula is C17H19N9O5S3. The minimum Gasteiger partial charge on any atom is -0.477 e. The van der Waals surface area contributed by atoms with E-state index >= 15 is 0 Å². The van der Waals surface area contributed by atoms with Crippen LogP contribution in [0, 0.1) is 0 Å². The van der Waals surface area contributed by atoms with Gasteiger partial charge in [0.05, 0.1) is 12.1 Å². The fourth-order valence-corrected chi connectivity index (χ4v) is 6.32. The molecule has 0 spiro atoms. The number of amides is 4. The number of nitrogens with zero attached hydrogens (tertiary/aromatic N) is 6. The van der Waals surface area contributed by atoms with Crippen LogP contribution in [-0.2, 0) is 27.9 Å². The maximum Gasteiger partial charge on any atom is 0.352 e. The third kappa shape index (κ3) is 4.85. The van der Waals surface area contributed by atoms with Crippen LogP contribution in [0.5, 0.6) is 0 Å². The maximum atomic E-state index is 12.8. The summed E-state index contributed by atoms with van der Waals surface area (Å²) in [5, 5.41) is 30.5. The fourth-order valence-electron chi connectivity index (χ4n) is 3.28. The summed E-state index contributed by atoms with van der Waals surface area (Å²) in [4.78, 5) is 54.0. The number of β-lactam (4-membered cyclic amide) rings is 1. The smallest absolute Gasteiger partial charge is 0.352 e. The van der Waals surface area contributed by atoms with Crippen LogP contribution in [0.4, 0.5) is 9.93 Å². The number of carboxylic acid groups (broad SMARTS) is 1. The number of hydrogen-bond acceptors (Lipinski definition) is 11. The van der Waals surface area contributed by atoms with Crippen molar-refractivity contribution in [3.63, 3.8) is 0 Å². The molecule has 1 saturated heterocycles. The SMILES string of the molecule is CNC(=O)Nc1nc(CC(=O)NC2C(=O)N3C(C(=O)O)=C(CSc4nnnn4C)CS[C@@H]23)cs1. The number of tetrazole rings is 1.